The Hall–Kier alpha value is -1.47. The van der Waals surface area contributed by atoms with Crippen molar-refractivity contribution in [1.82, 2.24) is 15.4 Å². The van der Waals surface area contributed by atoms with E-state index in [4.69, 9.17) is 0 Å². The Morgan fingerprint density at radius 1 is 1.33 bits per heavy atom. The molecule has 3 N–H and O–H groups in total. The molecule has 0 atom stereocenters. The van der Waals surface area contributed by atoms with Crippen molar-refractivity contribution in [2.45, 2.75) is 24.8 Å². The van der Waals surface area contributed by atoms with Gasteiger partial charge in [-0.15, -0.1) is 24.0 Å². The summed E-state index contributed by atoms with van der Waals surface area (Å²) in [4.78, 5) is 13.9. The van der Waals surface area contributed by atoms with Gasteiger partial charge in [-0.3, -0.25) is 15.1 Å². The largest absolute Gasteiger partial charge is 0.355 e. The molecule has 0 saturated carbocycles. The summed E-state index contributed by atoms with van der Waals surface area (Å²) < 4.78 is 26.6. The smallest absolute Gasteiger partial charge is 0.270 e. The second-order valence-corrected chi connectivity index (χ2v) is 6.72. The number of hydrogen-bond acceptors (Lipinski definition) is 5. The number of nitrogens with one attached hydrogen (secondary N) is 3. The van der Waals surface area contributed by atoms with Crippen LogP contribution in [0.3, 0.4) is 0 Å². The molecule has 0 bridgehead atoms. The van der Waals surface area contributed by atoms with Crippen LogP contribution in [-0.4, -0.2) is 45.5 Å². The van der Waals surface area contributed by atoms with E-state index in [-0.39, 0.29) is 47.1 Å². The third-order valence-electron chi connectivity index (χ3n) is 2.70. The third kappa shape index (κ3) is 7.40. The van der Waals surface area contributed by atoms with Crippen molar-refractivity contribution in [3.05, 3.63) is 34.4 Å². The molecular weight excluding hydrogens is 449 g/mol. The maximum Gasteiger partial charge on any atom is 0.270 e. The van der Waals surface area contributed by atoms with Crippen LogP contribution >= 0.6 is 24.0 Å². The van der Waals surface area contributed by atoms with Crippen molar-refractivity contribution < 1.29 is 13.3 Å². The van der Waals surface area contributed by atoms with Crippen LogP contribution in [0.15, 0.2) is 34.2 Å². The molecule has 136 valence electrons. The summed E-state index contributed by atoms with van der Waals surface area (Å²) in [5, 5.41) is 16.7. The number of sulfonamides is 1. The van der Waals surface area contributed by atoms with Gasteiger partial charge in [0, 0.05) is 38.3 Å². The van der Waals surface area contributed by atoms with E-state index in [0.717, 1.165) is 6.07 Å². The zero-order chi connectivity index (χ0) is 17.5. The maximum absolute atomic E-state index is 12.1. The molecule has 0 heterocycles. The molecule has 0 radical (unpaired) electrons. The van der Waals surface area contributed by atoms with Crippen LogP contribution in [-0.2, 0) is 10.0 Å². The predicted octanol–water partition coefficient (Wildman–Crippen LogP) is 1.06. The molecule has 9 nitrogen and oxygen atoms in total. The zero-order valence-corrected chi connectivity index (χ0v) is 16.8. The molecule has 0 fully saturated rings. The van der Waals surface area contributed by atoms with E-state index in [9.17, 15) is 18.5 Å². The van der Waals surface area contributed by atoms with Crippen LogP contribution in [0.2, 0.25) is 0 Å². The van der Waals surface area contributed by atoms with Gasteiger partial charge in [-0.2, -0.15) is 0 Å². The average molecular weight is 471 g/mol. The molecular formula is C13H22IN5O4S. The van der Waals surface area contributed by atoms with Gasteiger partial charge in [0.15, 0.2) is 5.96 Å². The lowest BCUT2D eigenvalue weighted by atomic mass is 10.3. The highest BCUT2D eigenvalue weighted by Crippen LogP contribution is 2.16. The van der Waals surface area contributed by atoms with E-state index in [1.165, 1.54) is 18.2 Å². The van der Waals surface area contributed by atoms with Crippen molar-refractivity contribution in [2.75, 3.05) is 20.1 Å². The van der Waals surface area contributed by atoms with Crippen LogP contribution < -0.4 is 15.4 Å². The molecule has 1 aromatic rings. The first-order chi connectivity index (χ1) is 10.8. The second kappa shape index (κ2) is 10.4. The molecule has 0 spiro atoms. The summed E-state index contributed by atoms with van der Waals surface area (Å²) in [5.41, 5.74) is -0.271. The number of guanidine groups is 1. The highest BCUT2D eigenvalue weighted by Gasteiger charge is 2.16. The van der Waals surface area contributed by atoms with Crippen LogP contribution in [0.25, 0.3) is 0 Å². The van der Waals surface area contributed by atoms with Crippen LogP contribution in [0, 0.1) is 10.1 Å². The number of nitro benzene ring substituents is 1. The van der Waals surface area contributed by atoms with Gasteiger partial charge in [-0.25, -0.2) is 13.1 Å². The fraction of sp³-hybridized carbons (Fsp3) is 0.462. The number of nitrogens with zero attached hydrogens (tertiary/aromatic N) is 2. The molecule has 0 saturated heterocycles. The number of rotatable bonds is 7. The normalized spacial score (nSPS) is 11.8. The first kappa shape index (κ1) is 22.5. The molecule has 24 heavy (non-hydrogen) atoms. The molecule has 0 unspecified atom stereocenters. The Morgan fingerprint density at radius 2 is 2.00 bits per heavy atom. The summed E-state index contributed by atoms with van der Waals surface area (Å²) in [5.74, 6) is 0.564. The van der Waals surface area contributed by atoms with E-state index in [0.29, 0.717) is 12.5 Å². The van der Waals surface area contributed by atoms with Gasteiger partial charge >= 0.3 is 0 Å². The number of benzene rings is 1. The molecule has 11 heteroatoms. The minimum Gasteiger partial charge on any atom is -0.355 e. The highest BCUT2D eigenvalue weighted by molar-refractivity contribution is 14.0. The molecule has 0 aliphatic rings. The average Bonchev–Trinajstić information content (AvgIpc) is 2.50. The fourth-order valence-electron chi connectivity index (χ4n) is 1.68. The van der Waals surface area contributed by atoms with Crippen molar-refractivity contribution in [1.29, 1.82) is 0 Å². The van der Waals surface area contributed by atoms with Gasteiger partial charge in [0.05, 0.1) is 9.82 Å². The van der Waals surface area contributed by atoms with E-state index < -0.39 is 14.9 Å². The molecule has 0 aromatic heterocycles. The summed E-state index contributed by atoms with van der Waals surface area (Å²) in [7, 11) is -2.18. The number of nitro groups is 1. The maximum atomic E-state index is 12.1. The van der Waals surface area contributed by atoms with Gasteiger partial charge in [0.25, 0.3) is 5.69 Å². The van der Waals surface area contributed by atoms with E-state index in [1.54, 1.807) is 7.05 Å². The molecule has 0 aliphatic heterocycles. The van der Waals surface area contributed by atoms with E-state index in [2.05, 4.69) is 20.3 Å². The monoisotopic (exact) mass is 471 g/mol. The SMILES string of the molecule is CN=C(NCCNS(=O)(=O)c1cccc([N+](=O)[O-])c1)NC(C)C.I. The van der Waals surface area contributed by atoms with E-state index >= 15 is 0 Å². The van der Waals surface area contributed by atoms with Crippen molar-refractivity contribution in [2.24, 2.45) is 4.99 Å². The highest BCUT2D eigenvalue weighted by atomic mass is 127. The minimum atomic E-state index is -3.80. The van der Waals surface area contributed by atoms with Gasteiger partial charge in [-0.1, -0.05) is 6.07 Å². The number of halogens is 1. The summed E-state index contributed by atoms with van der Waals surface area (Å²) in [6.07, 6.45) is 0. The second-order valence-electron chi connectivity index (χ2n) is 4.95. The van der Waals surface area contributed by atoms with Crippen molar-refractivity contribution in [3.8, 4) is 0 Å². The number of hydrogen-bond donors (Lipinski definition) is 3. The van der Waals surface area contributed by atoms with Gasteiger partial charge < -0.3 is 10.6 Å². The Labute approximate surface area is 158 Å². The molecule has 1 rings (SSSR count). The van der Waals surface area contributed by atoms with Gasteiger partial charge in [-0.05, 0) is 19.9 Å². The summed E-state index contributed by atoms with van der Waals surface area (Å²) >= 11 is 0. The Morgan fingerprint density at radius 3 is 2.54 bits per heavy atom. The quantitative estimate of drug-likeness (QED) is 0.136. The van der Waals surface area contributed by atoms with E-state index in [1.807, 2.05) is 13.8 Å². The lowest BCUT2D eigenvalue weighted by molar-refractivity contribution is -0.385. The topological polar surface area (TPSA) is 126 Å². The van der Waals surface area contributed by atoms with Crippen molar-refractivity contribution in [3.63, 3.8) is 0 Å². The Balaban J connectivity index is 0.00000529. The fourth-order valence-corrected chi connectivity index (χ4v) is 2.75. The first-order valence-corrected chi connectivity index (χ1v) is 8.46. The zero-order valence-electron chi connectivity index (χ0n) is 13.6. The van der Waals surface area contributed by atoms with Crippen molar-refractivity contribution >= 4 is 45.6 Å². The molecule has 0 amide bonds. The first-order valence-electron chi connectivity index (χ1n) is 6.97. The van der Waals surface area contributed by atoms with Crippen LogP contribution in [0.4, 0.5) is 5.69 Å². The lowest BCUT2D eigenvalue weighted by Crippen LogP contribution is -2.43. The Bertz CT molecular complexity index is 679. The van der Waals surface area contributed by atoms with Gasteiger partial charge in [0.2, 0.25) is 10.0 Å². The number of aliphatic imine (C=N–C) groups is 1. The predicted molar refractivity (Wildman–Crippen MR) is 103 cm³/mol. The van der Waals surface area contributed by atoms with Crippen LogP contribution in [0.5, 0.6) is 0 Å². The molecule has 1 aromatic carbocycles. The number of non-ortho nitro benzene ring substituents is 1. The summed E-state index contributed by atoms with van der Waals surface area (Å²) in [6.45, 7) is 4.35. The summed E-state index contributed by atoms with van der Waals surface area (Å²) in [6, 6.07) is 5.10. The van der Waals surface area contributed by atoms with Crippen LogP contribution in [0.1, 0.15) is 13.8 Å². The Kier molecular flexibility index (Phi) is 9.77. The molecule has 0 aliphatic carbocycles. The minimum absolute atomic E-state index is 0. The third-order valence-corrected chi connectivity index (χ3v) is 4.16. The lowest BCUT2D eigenvalue weighted by Gasteiger charge is -2.14. The van der Waals surface area contributed by atoms with Gasteiger partial charge in [0.1, 0.15) is 0 Å². The standard InChI is InChI=1S/C13H21N5O4S.HI/c1-10(2)17-13(14-3)15-7-8-16-23(21,22)12-6-4-5-11(9-12)18(19)20;/h4-6,9-10,16H,7-8H2,1-3H3,(H2,14,15,17);1H.